The van der Waals surface area contributed by atoms with Crippen molar-refractivity contribution in [3.63, 3.8) is 0 Å². The van der Waals surface area contributed by atoms with Crippen LogP contribution in [0, 0.1) is 0 Å². The van der Waals surface area contributed by atoms with Crippen molar-refractivity contribution >= 4 is 17.6 Å². The van der Waals surface area contributed by atoms with Gasteiger partial charge in [0, 0.05) is 31.0 Å². The number of para-hydroxylation sites is 1. The monoisotopic (exact) mass is 329 g/mol. The maximum absolute atomic E-state index is 12.5. The second-order valence-electron chi connectivity index (χ2n) is 6.15. The Morgan fingerprint density at radius 1 is 1.38 bits per heavy atom. The third kappa shape index (κ3) is 3.02. The Labute approximate surface area is 139 Å². The summed E-state index contributed by atoms with van der Waals surface area (Å²) in [5.41, 5.74) is 1.35. The highest BCUT2D eigenvalue weighted by molar-refractivity contribution is 5.98. The number of carboxylic acid groups (broad SMARTS) is 1. The molecule has 1 aromatic heterocycles. The fourth-order valence-electron chi connectivity index (χ4n) is 2.81. The van der Waals surface area contributed by atoms with Crippen LogP contribution in [0.4, 0.5) is 5.69 Å². The third-order valence-corrected chi connectivity index (χ3v) is 4.12. The van der Waals surface area contributed by atoms with Gasteiger partial charge in [0.25, 0.3) is 0 Å². The van der Waals surface area contributed by atoms with Crippen molar-refractivity contribution in [2.45, 2.75) is 38.5 Å². The Morgan fingerprint density at radius 2 is 2.12 bits per heavy atom. The van der Waals surface area contributed by atoms with Crippen LogP contribution in [-0.4, -0.2) is 33.7 Å². The Bertz CT molecular complexity index is 769. The first-order valence-electron chi connectivity index (χ1n) is 7.92. The quantitative estimate of drug-likeness (QED) is 0.904. The molecule has 0 saturated heterocycles. The first kappa shape index (κ1) is 16.2. The lowest BCUT2D eigenvalue weighted by Gasteiger charge is -2.16. The van der Waals surface area contributed by atoms with Crippen LogP contribution in [0.1, 0.15) is 49.4 Å². The van der Waals surface area contributed by atoms with Crippen molar-refractivity contribution in [1.29, 1.82) is 0 Å². The van der Waals surface area contributed by atoms with Crippen molar-refractivity contribution in [2.24, 2.45) is 0 Å². The van der Waals surface area contributed by atoms with E-state index in [1.165, 1.54) is 4.90 Å². The van der Waals surface area contributed by atoms with E-state index in [4.69, 9.17) is 4.52 Å². The van der Waals surface area contributed by atoms with Gasteiger partial charge in [-0.2, -0.15) is 4.98 Å². The van der Waals surface area contributed by atoms with E-state index in [9.17, 15) is 14.7 Å². The Balaban J connectivity index is 1.70. The minimum absolute atomic E-state index is 0.143. The molecule has 24 heavy (non-hydrogen) atoms. The van der Waals surface area contributed by atoms with E-state index < -0.39 is 11.9 Å². The molecule has 2 heterocycles. The van der Waals surface area contributed by atoms with Crippen molar-refractivity contribution in [3.8, 4) is 0 Å². The number of aromatic nitrogens is 2. The molecule has 0 unspecified atom stereocenters. The molecule has 1 aromatic carbocycles. The van der Waals surface area contributed by atoms with Gasteiger partial charge in [0.2, 0.25) is 11.8 Å². The van der Waals surface area contributed by atoms with Gasteiger partial charge in [-0.15, -0.1) is 0 Å². The zero-order valence-corrected chi connectivity index (χ0v) is 13.6. The molecule has 1 atom stereocenters. The minimum Gasteiger partial charge on any atom is -0.481 e. The van der Waals surface area contributed by atoms with Gasteiger partial charge in [-0.25, -0.2) is 0 Å². The van der Waals surface area contributed by atoms with Crippen LogP contribution >= 0.6 is 0 Å². The van der Waals surface area contributed by atoms with Crippen LogP contribution in [0.2, 0.25) is 0 Å². The maximum Gasteiger partial charge on any atom is 0.312 e. The standard InChI is InChI=1S/C17H19N3O4/c1-10(2)16-18-14(24-19-16)7-8-15(21)20-9-12(17(22)23)11-5-3-4-6-13(11)20/h3-6,10,12H,7-9H2,1-2H3,(H,22,23)/t12-/m1/s1. The van der Waals surface area contributed by atoms with Gasteiger partial charge in [-0.3, -0.25) is 9.59 Å². The summed E-state index contributed by atoms with van der Waals surface area (Å²) < 4.78 is 5.14. The minimum atomic E-state index is -0.920. The summed E-state index contributed by atoms with van der Waals surface area (Å²) in [7, 11) is 0. The van der Waals surface area contributed by atoms with E-state index in [1.807, 2.05) is 13.8 Å². The van der Waals surface area contributed by atoms with E-state index >= 15 is 0 Å². The number of aliphatic carboxylic acids is 1. The number of amides is 1. The number of carbonyl (C=O) groups is 2. The molecular formula is C17H19N3O4. The zero-order valence-electron chi connectivity index (χ0n) is 13.6. The van der Waals surface area contributed by atoms with Crippen molar-refractivity contribution in [1.82, 2.24) is 10.1 Å². The van der Waals surface area contributed by atoms with Crippen molar-refractivity contribution in [3.05, 3.63) is 41.5 Å². The number of carbonyl (C=O) groups excluding carboxylic acids is 1. The molecule has 1 aliphatic heterocycles. The number of nitrogens with zero attached hydrogens (tertiary/aromatic N) is 3. The number of anilines is 1. The van der Waals surface area contributed by atoms with Crippen LogP contribution < -0.4 is 4.90 Å². The molecule has 1 aliphatic rings. The highest BCUT2D eigenvalue weighted by Gasteiger charge is 2.36. The summed E-state index contributed by atoms with van der Waals surface area (Å²) >= 11 is 0. The largest absolute Gasteiger partial charge is 0.481 e. The molecule has 0 spiro atoms. The van der Waals surface area contributed by atoms with Gasteiger partial charge in [0.15, 0.2) is 5.82 Å². The molecule has 126 valence electrons. The van der Waals surface area contributed by atoms with Gasteiger partial charge in [-0.05, 0) is 11.6 Å². The van der Waals surface area contributed by atoms with E-state index in [2.05, 4.69) is 10.1 Å². The highest BCUT2D eigenvalue weighted by atomic mass is 16.5. The molecule has 0 saturated carbocycles. The Hall–Kier alpha value is -2.70. The van der Waals surface area contributed by atoms with Crippen LogP contribution in [0.15, 0.2) is 28.8 Å². The number of rotatable bonds is 5. The van der Waals surface area contributed by atoms with E-state index in [0.29, 0.717) is 29.4 Å². The summed E-state index contributed by atoms with van der Waals surface area (Å²) in [6.45, 7) is 4.09. The van der Waals surface area contributed by atoms with Crippen molar-refractivity contribution < 1.29 is 19.2 Å². The summed E-state index contributed by atoms with van der Waals surface area (Å²) in [5.74, 6) is -0.531. The number of carboxylic acids is 1. The third-order valence-electron chi connectivity index (χ3n) is 4.12. The van der Waals surface area contributed by atoms with E-state index in [0.717, 1.165) is 0 Å². The van der Waals surface area contributed by atoms with Crippen LogP contribution in [-0.2, 0) is 16.0 Å². The lowest BCUT2D eigenvalue weighted by molar-refractivity contribution is -0.138. The Kier molecular flexibility index (Phi) is 4.33. The van der Waals surface area contributed by atoms with E-state index in [-0.39, 0.29) is 24.8 Å². The fourth-order valence-corrected chi connectivity index (χ4v) is 2.81. The van der Waals surface area contributed by atoms with Gasteiger partial charge < -0.3 is 14.5 Å². The highest BCUT2D eigenvalue weighted by Crippen LogP contribution is 2.36. The zero-order chi connectivity index (χ0) is 17.3. The van der Waals surface area contributed by atoms with Gasteiger partial charge in [0.05, 0.1) is 0 Å². The Morgan fingerprint density at radius 3 is 2.79 bits per heavy atom. The topological polar surface area (TPSA) is 96.5 Å². The molecule has 7 heteroatoms. The summed E-state index contributed by atoms with van der Waals surface area (Å²) in [5, 5.41) is 13.2. The molecule has 0 bridgehead atoms. The normalized spacial score (nSPS) is 16.5. The number of benzene rings is 1. The molecule has 0 fully saturated rings. The smallest absolute Gasteiger partial charge is 0.312 e. The predicted molar refractivity (Wildman–Crippen MR) is 85.9 cm³/mol. The summed E-state index contributed by atoms with van der Waals surface area (Å²) in [6.07, 6.45) is 0.537. The van der Waals surface area contributed by atoms with Crippen molar-refractivity contribution in [2.75, 3.05) is 11.4 Å². The average Bonchev–Trinajstić information content (AvgIpc) is 3.17. The lowest BCUT2D eigenvalue weighted by Crippen LogP contribution is -2.31. The number of aryl methyl sites for hydroxylation is 1. The summed E-state index contributed by atoms with van der Waals surface area (Å²) in [4.78, 5) is 29.7. The first-order chi connectivity index (χ1) is 11.5. The predicted octanol–water partition coefficient (Wildman–Crippen LogP) is 2.34. The maximum atomic E-state index is 12.5. The van der Waals surface area contributed by atoms with Crippen LogP contribution in [0.25, 0.3) is 0 Å². The second kappa shape index (κ2) is 6.43. The number of hydrogen-bond acceptors (Lipinski definition) is 5. The van der Waals surface area contributed by atoms with Gasteiger partial charge >= 0.3 is 5.97 Å². The molecule has 3 rings (SSSR count). The molecule has 1 amide bonds. The van der Waals surface area contributed by atoms with Crippen LogP contribution in [0.3, 0.4) is 0 Å². The molecule has 0 aliphatic carbocycles. The summed E-state index contributed by atoms with van der Waals surface area (Å²) in [6, 6.07) is 7.12. The molecule has 2 aromatic rings. The number of fused-ring (bicyclic) bond motifs is 1. The molecular weight excluding hydrogens is 310 g/mol. The van der Waals surface area contributed by atoms with Crippen LogP contribution in [0.5, 0.6) is 0 Å². The van der Waals surface area contributed by atoms with Gasteiger partial charge in [-0.1, -0.05) is 37.2 Å². The SMILES string of the molecule is CC(C)c1noc(CCC(=O)N2C[C@@H](C(=O)O)c3ccccc32)n1. The number of hydrogen-bond donors (Lipinski definition) is 1. The fraction of sp³-hybridized carbons (Fsp3) is 0.412. The molecule has 7 nitrogen and oxygen atoms in total. The average molecular weight is 329 g/mol. The first-order valence-corrected chi connectivity index (χ1v) is 7.92. The molecule has 1 N–H and O–H groups in total. The molecule has 0 radical (unpaired) electrons. The van der Waals surface area contributed by atoms with E-state index in [1.54, 1.807) is 24.3 Å². The second-order valence-corrected chi connectivity index (χ2v) is 6.15. The van der Waals surface area contributed by atoms with Gasteiger partial charge in [0.1, 0.15) is 5.92 Å². The lowest BCUT2D eigenvalue weighted by atomic mass is 10.0.